The summed E-state index contributed by atoms with van der Waals surface area (Å²) in [6, 6.07) is 2.14. The Morgan fingerprint density at radius 2 is 2.17 bits per heavy atom. The van der Waals surface area contributed by atoms with Gasteiger partial charge in [0.2, 0.25) is 5.91 Å². The highest BCUT2D eigenvalue weighted by Crippen LogP contribution is 2.32. The van der Waals surface area contributed by atoms with E-state index in [0.717, 1.165) is 44.0 Å². The lowest BCUT2D eigenvalue weighted by Crippen LogP contribution is -2.50. The molecule has 2 aliphatic rings. The molecule has 0 aromatic carbocycles. The average molecular weight is 320 g/mol. The number of amides is 1. The van der Waals surface area contributed by atoms with Crippen molar-refractivity contribution in [2.75, 3.05) is 33.8 Å². The summed E-state index contributed by atoms with van der Waals surface area (Å²) in [6.07, 6.45) is 2.30. The quantitative estimate of drug-likeness (QED) is 0.857. The standard InChI is InChI=1S/C18H28N2O3/c1-12-7-16(23-13(12)2)10-20-6-5-17-14(9-20)8-15(11-22-17)18(21)19(3)4/h7,14-15,17H,5-6,8-11H2,1-4H3/t14-,15-,17+/m0/s1. The molecule has 2 aliphatic heterocycles. The predicted molar refractivity (Wildman–Crippen MR) is 88.1 cm³/mol. The van der Waals surface area contributed by atoms with Gasteiger partial charge in [-0.05, 0) is 44.2 Å². The molecule has 128 valence electrons. The van der Waals surface area contributed by atoms with Crippen LogP contribution in [0.15, 0.2) is 10.5 Å². The molecule has 2 saturated heterocycles. The van der Waals surface area contributed by atoms with E-state index in [1.54, 1.807) is 4.90 Å². The van der Waals surface area contributed by atoms with Crippen LogP contribution in [-0.4, -0.2) is 55.6 Å². The minimum atomic E-state index is 0.0132. The number of piperidine rings is 1. The lowest BCUT2D eigenvalue weighted by Gasteiger charge is -2.43. The van der Waals surface area contributed by atoms with Crippen molar-refractivity contribution < 1.29 is 13.9 Å². The second-order valence-corrected chi connectivity index (χ2v) is 7.27. The van der Waals surface area contributed by atoms with Crippen molar-refractivity contribution in [1.82, 2.24) is 9.80 Å². The van der Waals surface area contributed by atoms with Crippen LogP contribution in [0.25, 0.3) is 0 Å². The summed E-state index contributed by atoms with van der Waals surface area (Å²) in [6.45, 7) is 7.55. The van der Waals surface area contributed by atoms with Crippen molar-refractivity contribution in [2.24, 2.45) is 11.8 Å². The molecule has 0 bridgehead atoms. The van der Waals surface area contributed by atoms with Gasteiger partial charge in [0.05, 0.1) is 25.2 Å². The molecule has 1 aromatic heterocycles. The Kier molecular flexibility index (Phi) is 4.78. The molecule has 0 unspecified atom stereocenters. The lowest BCUT2D eigenvalue weighted by molar-refractivity contribution is -0.146. The van der Waals surface area contributed by atoms with Gasteiger partial charge in [0.25, 0.3) is 0 Å². The fourth-order valence-electron chi connectivity index (χ4n) is 3.83. The highest BCUT2D eigenvalue weighted by Gasteiger charge is 2.38. The summed E-state index contributed by atoms with van der Waals surface area (Å²) < 4.78 is 11.8. The molecule has 0 N–H and O–H groups in total. The first kappa shape index (κ1) is 16.5. The number of carbonyl (C=O) groups is 1. The molecule has 3 rings (SSSR count). The molecule has 1 aromatic rings. The fraction of sp³-hybridized carbons (Fsp3) is 0.722. The third-order valence-electron chi connectivity index (χ3n) is 5.23. The van der Waals surface area contributed by atoms with E-state index in [2.05, 4.69) is 17.9 Å². The summed E-state index contributed by atoms with van der Waals surface area (Å²) in [4.78, 5) is 16.3. The van der Waals surface area contributed by atoms with E-state index in [0.29, 0.717) is 18.6 Å². The maximum Gasteiger partial charge on any atom is 0.227 e. The van der Waals surface area contributed by atoms with E-state index < -0.39 is 0 Å². The topological polar surface area (TPSA) is 45.9 Å². The SMILES string of the molecule is Cc1cc(CN2CC[C@H]3OC[C@@H](C(=O)N(C)C)C[C@H]3C2)oc1C. The molecule has 0 radical (unpaired) electrons. The summed E-state index contributed by atoms with van der Waals surface area (Å²) in [5.41, 5.74) is 1.22. The molecule has 1 amide bonds. The monoisotopic (exact) mass is 320 g/mol. The molecule has 5 nitrogen and oxygen atoms in total. The molecule has 0 spiro atoms. The number of rotatable bonds is 3. The fourth-order valence-corrected chi connectivity index (χ4v) is 3.83. The molecule has 5 heteroatoms. The van der Waals surface area contributed by atoms with Crippen LogP contribution >= 0.6 is 0 Å². The van der Waals surface area contributed by atoms with Crippen molar-refractivity contribution in [3.63, 3.8) is 0 Å². The Morgan fingerprint density at radius 1 is 1.39 bits per heavy atom. The number of fused-ring (bicyclic) bond motifs is 1. The van der Waals surface area contributed by atoms with Crippen LogP contribution in [0.5, 0.6) is 0 Å². The van der Waals surface area contributed by atoms with Gasteiger partial charge in [-0.15, -0.1) is 0 Å². The Balaban J connectivity index is 1.60. The van der Waals surface area contributed by atoms with Crippen LogP contribution in [0.4, 0.5) is 0 Å². The zero-order chi connectivity index (χ0) is 16.6. The Hall–Kier alpha value is -1.33. The van der Waals surface area contributed by atoms with Gasteiger partial charge in [-0.2, -0.15) is 0 Å². The first-order chi connectivity index (χ1) is 10.9. The Morgan fingerprint density at radius 3 is 2.83 bits per heavy atom. The molecule has 0 aliphatic carbocycles. The van der Waals surface area contributed by atoms with E-state index in [1.165, 1.54) is 5.56 Å². The molecular formula is C18H28N2O3. The summed E-state index contributed by atoms with van der Waals surface area (Å²) in [5, 5.41) is 0. The summed E-state index contributed by atoms with van der Waals surface area (Å²) in [7, 11) is 3.65. The number of hydrogen-bond acceptors (Lipinski definition) is 4. The van der Waals surface area contributed by atoms with Crippen molar-refractivity contribution >= 4 is 5.91 Å². The van der Waals surface area contributed by atoms with Gasteiger partial charge in [0.15, 0.2) is 0 Å². The summed E-state index contributed by atoms with van der Waals surface area (Å²) >= 11 is 0. The zero-order valence-corrected chi connectivity index (χ0v) is 14.7. The number of hydrogen-bond donors (Lipinski definition) is 0. The van der Waals surface area contributed by atoms with E-state index in [4.69, 9.17) is 9.15 Å². The van der Waals surface area contributed by atoms with Gasteiger partial charge in [0, 0.05) is 27.2 Å². The number of furan rings is 1. The number of likely N-dealkylation sites (tertiary alicyclic amines) is 1. The largest absolute Gasteiger partial charge is 0.465 e. The second-order valence-electron chi connectivity index (χ2n) is 7.27. The number of carbonyl (C=O) groups excluding carboxylic acids is 1. The van der Waals surface area contributed by atoms with Crippen LogP contribution in [0.3, 0.4) is 0 Å². The number of nitrogens with zero attached hydrogens (tertiary/aromatic N) is 2. The van der Waals surface area contributed by atoms with Crippen LogP contribution in [0, 0.1) is 25.7 Å². The van der Waals surface area contributed by atoms with Crippen LogP contribution in [0.1, 0.15) is 29.9 Å². The summed E-state index contributed by atoms with van der Waals surface area (Å²) in [5.74, 6) is 2.70. The van der Waals surface area contributed by atoms with Crippen LogP contribution < -0.4 is 0 Å². The van der Waals surface area contributed by atoms with Crippen molar-refractivity contribution in [2.45, 2.75) is 39.3 Å². The van der Waals surface area contributed by atoms with Gasteiger partial charge >= 0.3 is 0 Å². The van der Waals surface area contributed by atoms with Gasteiger partial charge in [0.1, 0.15) is 11.5 Å². The predicted octanol–water partition coefficient (Wildman–Crippen LogP) is 2.21. The lowest BCUT2D eigenvalue weighted by atomic mass is 9.83. The van der Waals surface area contributed by atoms with Crippen molar-refractivity contribution in [3.05, 3.63) is 23.2 Å². The second kappa shape index (κ2) is 6.65. The highest BCUT2D eigenvalue weighted by atomic mass is 16.5. The third kappa shape index (κ3) is 3.61. The molecule has 3 heterocycles. The maximum absolute atomic E-state index is 12.2. The molecule has 3 atom stereocenters. The first-order valence-electron chi connectivity index (χ1n) is 8.55. The highest BCUT2D eigenvalue weighted by molar-refractivity contribution is 5.78. The molecule has 2 fully saturated rings. The Bertz CT molecular complexity index is 547. The van der Waals surface area contributed by atoms with Gasteiger partial charge in [-0.3, -0.25) is 9.69 Å². The van der Waals surface area contributed by atoms with E-state index in [1.807, 2.05) is 21.0 Å². The van der Waals surface area contributed by atoms with Gasteiger partial charge in [-0.25, -0.2) is 0 Å². The molecule has 0 saturated carbocycles. The first-order valence-corrected chi connectivity index (χ1v) is 8.55. The van der Waals surface area contributed by atoms with E-state index >= 15 is 0 Å². The van der Waals surface area contributed by atoms with Gasteiger partial charge in [-0.1, -0.05) is 0 Å². The van der Waals surface area contributed by atoms with Crippen molar-refractivity contribution in [1.29, 1.82) is 0 Å². The van der Waals surface area contributed by atoms with Crippen LogP contribution in [0.2, 0.25) is 0 Å². The molecule has 23 heavy (non-hydrogen) atoms. The van der Waals surface area contributed by atoms with Crippen molar-refractivity contribution in [3.8, 4) is 0 Å². The Labute approximate surface area is 138 Å². The molecular weight excluding hydrogens is 292 g/mol. The number of ether oxygens (including phenoxy) is 1. The average Bonchev–Trinajstić information content (AvgIpc) is 2.83. The zero-order valence-electron chi connectivity index (χ0n) is 14.7. The smallest absolute Gasteiger partial charge is 0.227 e. The van der Waals surface area contributed by atoms with E-state index in [-0.39, 0.29) is 11.8 Å². The normalized spacial score (nSPS) is 28.4. The van der Waals surface area contributed by atoms with Gasteiger partial charge < -0.3 is 14.1 Å². The van der Waals surface area contributed by atoms with E-state index in [9.17, 15) is 4.79 Å². The third-order valence-corrected chi connectivity index (χ3v) is 5.23. The van der Waals surface area contributed by atoms with Crippen LogP contribution in [-0.2, 0) is 16.1 Å². The maximum atomic E-state index is 12.2. The minimum absolute atomic E-state index is 0.0132. The minimum Gasteiger partial charge on any atom is -0.465 e. The number of aryl methyl sites for hydroxylation is 2.